The number of hydrogen-bond acceptors (Lipinski definition) is 4. The first-order valence-electron chi connectivity index (χ1n) is 8.07. The fourth-order valence-electron chi connectivity index (χ4n) is 2.45. The molecule has 1 aromatic heterocycles. The van der Waals surface area contributed by atoms with Crippen molar-refractivity contribution in [3.8, 4) is 17.1 Å². The summed E-state index contributed by atoms with van der Waals surface area (Å²) in [4.78, 5) is 0. The molecule has 0 aliphatic carbocycles. The first-order valence-corrected chi connectivity index (χ1v) is 9.27. The van der Waals surface area contributed by atoms with Gasteiger partial charge in [-0.05, 0) is 41.4 Å². The zero-order valence-corrected chi connectivity index (χ0v) is 17.1. The van der Waals surface area contributed by atoms with Crippen molar-refractivity contribution in [2.75, 3.05) is 0 Å². The van der Waals surface area contributed by atoms with E-state index in [0.717, 1.165) is 10.0 Å². The number of benzene rings is 2. The van der Waals surface area contributed by atoms with Gasteiger partial charge in [-0.3, -0.25) is 0 Å². The van der Waals surface area contributed by atoms with Gasteiger partial charge in [0.15, 0.2) is 5.82 Å². The molecule has 7 heteroatoms. The molecule has 3 rings (SSSR count). The Bertz CT molecular complexity index is 1010. The molecule has 0 spiro atoms. The maximum absolute atomic E-state index is 9.96. The lowest BCUT2D eigenvalue weighted by Crippen LogP contribution is -2.10. The van der Waals surface area contributed by atoms with Crippen LogP contribution < -0.4 is 0 Å². The molecule has 5 nitrogen and oxygen atoms in total. The highest BCUT2D eigenvalue weighted by molar-refractivity contribution is 9.10. The number of hydrogen-bond donors (Lipinski definition) is 2. The van der Waals surface area contributed by atoms with E-state index in [-0.39, 0.29) is 11.2 Å². The highest BCUT2D eigenvalue weighted by Gasteiger charge is 2.14. The monoisotopic (exact) mass is 430 g/mol. The van der Waals surface area contributed by atoms with Gasteiger partial charge in [-0.2, -0.15) is 14.9 Å². The molecule has 0 amide bonds. The van der Waals surface area contributed by atoms with Gasteiger partial charge in [0.2, 0.25) is 4.77 Å². The van der Waals surface area contributed by atoms with Gasteiger partial charge in [-0.1, -0.05) is 61.0 Å². The number of halogens is 1. The topological polar surface area (TPSA) is 66.2 Å². The molecule has 0 unspecified atom stereocenters. The Balaban J connectivity index is 1.98. The van der Waals surface area contributed by atoms with Crippen LogP contribution in [0.3, 0.4) is 0 Å². The minimum atomic E-state index is 0.0830. The Morgan fingerprint density at radius 1 is 1.19 bits per heavy atom. The zero-order chi connectivity index (χ0) is 18.9. The summed E-state index contributed by atoms with van der Waals surface area (Å²) in [6.45, 7) is 6.52. The Morgan fingerprint density at radius 3 is 2.54 bits per heavy atom. The van der Waals surface area contributed by atoms with Crippen LogP contribution in [0.5, 0.6) is 5.75 Å². The van der Waals surface area contributed by atoms with Gasteiger partial charge in [-0.15, -0.1) is 0 Å². The molecule has 0 aliphatic heterocycles. The molecular weight excluding hydrogens is 412 g/mol. The minimum Gasteiger partial charge on any atom is -0.507 e. The number of phenolic OH excluding ortho intramolecular Hbond substituents is 1. The summed E-state index contributed by atoms with van der Waals surface area (Å²) < 4.78 is 2.78. The van der Waals surface area contributed by atoms with Gasteiger partial charge in [-0.25, -0.2) is 5.10 Å². The Kier molecular flexibility index (Phi) is 5.11. The SMILES string of the molecule is CC(C)(C)c1ccc(-c2n[nH]c(=S)n2/N=C\c2cc(Br)ccc2O)cc1. The maximum atomic E-state index is 9.96. The number of aromatic nitrogens is 3. The average Bonchev–Trinajstić information content (AvgIpc) is 2.96. The third-order valence-electron chi connectivity index (χ3n) is 3.96. The number of H-pyrrole nitrogens is 1. The van der Waals surface area contributed by atoms with Crippen LogP contribution in [0.2, 0.25) is 0 Å². The van der Waals surface area contributed by atoms with E-state index in [0.29, 0.717) is 16.2 Å². The van der Waals surface area contributed by atoms with E-state index in [1.165, 1.54) is 5.56 Å². The summed E-state index contributed by atoms with van der Waals surface area (Å²) in [5, 5.41) is 21.4. The molecule has 0 fully saturated rings. The third-order valence-corrected chi connectivity index (χ3v) is 4.72. The van der Waals surface area contributed by atoms with Gasteiger partial charge in [0, 0.05) is 15.6 Å². The zero-order valence-electron chi connectivity index (χ0n) is 14.7. The van der Waals surface area contributed by atoms with Crippen LogP contribution in [-0.4, -0.2) is 26.2 Å². The molecule has 0 aliphatic rings. The molecule has 26 heavy (non-hydrogen) atoms. The van der Waals surface area contributed by atoms with E-state index < -0.39 is 0 Å². The van der Waals surface area contributed by atoms with Crippen molar-refractivity contribution in [1.82, 2.24) is 14.9 Å². The maximum Gasteiger partial charge on any atom is 0.216 e. The highest BCUT2D eigenvalue weighted by atomic mass is 79.9. The molecule has 1 heterocycles. The lowest BCUT2D eigenvalue weighted by atomic mass is 9.87. The van der Waals surface area contributed by atoms with E-state index in [1.807, 2.05) is 12.1 Å². The number of rotatable bonds is 3. The van der Waals surface area contributed by atoms with Crippen LogP contribution >= 0.6 is 28.1 Å². The lowest BCUT2D eigenvalue weighted by Gasteiger charge is -2.18. The molecule has 0 bridgehead atoms. The molecule has 134 valence electrons. The van der Waals surface area contributed by atoms with E-state index in [1.54, 1.807) is 29.1 Å². The molecule has 2 N–H and O–H groups in total. The molecule has 3 aromatic rings. The van der Waals surface area contributed by atoms with Crippen molar-refractivity contribution >= 4 is 34.4 Å². The smallest absolute Gasteiger partial charge is 0.216 e. The second-order valence-electron chi connectivity index (χ2n) is 6.94. The van der Waals surface area contributed by atoms with E-state index >= 15 is 0 Å². The number of aromatic hydroxyl groups is 1. The quantitative estimate of drug-likeness (QED) is 0.440. The summed E-state index contributed by atoms with van der Waals surface area (Å²) in [5.74, 6) is 0.754. The predicted molar refractivity (Wildman–Crippen MR) is 110 cm³/mol. The van der Waals surface area contributed by atoms with Crippen molar-refractivity contribution in [3.05, 3.63) is 62.8 Å². The second kappa shape index (κ2) is 7.17. The number of nitrogens with one attached hydrogen (secondary N) is 1. The van der Waals surface area contributed by atoms with Gasteiger partial charge in [0.05, 0.1) is 6.21 Å². The van der Waals surface area contributed by atoms with Crippen molar-refractivity contribution in [2.24, 2.45) is 5.10 Å². The molecule has 2 aromatic carbocycles. The van der Waals surface area contributed by atoms with Gasteiger partial charge in [0.25, 0.3) is 0 Å². The summed E-state index contributed by atoms with van der Waals surface area (Å²) in [6, 6.07) is 13.3. The summed E-state index contributed by atoms with van der Waals surface area (Å²) in [7, 11) is 0. The standard InChI is InChI=1S/C19H19BrN4OS/c1-19(2,3)14-6-4-12(5-7-14)17-22-23-18(26)24(17)21-11-13-10-15(20)8-9-16(13)25/h4-11,25H,1-3H3,(H,23,26)/b21-11-. The summed E-state index contributed by atoms with van der Waals surface area (Å²) in [6.07, 6.45) is 1.55. The minimum absolute atomic E-state index is 0.0830. The molecule has 0 radical (unpaired) electrons. The van der Waals surface area contributed by atoms with Crippen LogP contribution in [0.4, 0.5) is 0 Å². The number of nitrogens with zero attached hydrogens (tertiary/aromatic N) is 3. The fourth-order valence-corrected chi connectivity index (χ4v) is 3.01. The highest BCUT2D eigenvalue weighted by Crippen LogP contribution is 2.26. The summed E-state index contributed by atoms with van der Waals surface area (Å²) >= 11 is 8.68. The Labute approximate surface area is 165 Å². The number of phenols is 1. The first kappa shape index (κ1) is 18.5. The molecular formula is C19H19BrN4OS. The van der Waals surface area contributed by atoms with Gasteiger partial charge in [0.1, 0.15) is 5.75 Å². The average molecular weight is 431 g/mol. The molecule has 0 saturated carbocycles. The van der Waals surface area contributed by atoms with E-state index in [4.69, 9.17) is 12.2 Å². The van der Waals surface area contributed by atoms with E-state index in [9.17, 15) is 5.11 Å². The first-order chi connectivity index (χ1) is 12.3. The normalized spacial score (nSPS) is 12.0. The van der Waals surface area contributed by atoms with Crippen LogP contribution in [0.25, 0.3) is 11.4 Å². The van der Waals surface area contributed by atoms with Crippen LogP contribution in [0, 0.1) is 4.77 Å². The Hall–Kier alpha value is -2.25. The number of aromatic amines is 1. The summed E-state index contributed by atoms with van der Waals surface area (Å²) in [5.41, 5.74) is 2.81. The van der Waals surface area contributed by atoms with Gasteiger partial charge >= 0.3 is 0 Å². The third kappa shape index (κ3) is 3.94. The van der Waals surface area contributed by atoms with E-state index in [2.05, 4.69) is 64.1 Å². The largest absolute Gasteiger partial charge is 0.507 e. The lowest BCUT2D eigenvalue weighted by molar-refractivity contribution is 0.474. The predicted octanol–water partition coefficient (Wildman–Crippen LogP) is 5.26. The molecule has 0 saturated heterocycles. The molecule has 0 atom stereocenters. The van der Waals surface area contributed by atoms with Gasteiger partial charge < -0.3 is 5.11 Å². The van der Waals surface area contributed by atoms with Crippen LogP contribution in [0.1, 0.15) is 31.9 Å². The Morgan fingerprint density at radius 2 is 1.88 bits per heavy atom. The van der Waals surface area contributed by atoms with Crippen molar-refractivity contribution in [2.45, 2.75) is 26.2 Å². The fraction of sp³-hybridized carbons (Fsp3) is 0.211. The second-order valence-corrected chi connectivity index (χ2v) is 8.24. The van der Waals surface area contributed by atoms with Crippen molar-refractivity contribution < 1.29 is 5.11 Å². The van der Waals surface area contributed by atoms with Crippen molar-refractivity contribution in [1.29, 1.82) is 0 Å². The van der Waals surface area contributed by atoms with Crippen LogP contribution in [0.15, 0.2) is 52.0 Å². The van der Waals surface area contributed by atoms with Crippen molar-refractivity contribution in [3.63, 3.8) is 0 Å². The van der Waals surface area contributed by atoms with Crippen LogP contribution in [-0.2, 0) is 5.41 Å².